The second kappa shape index (κ2) is 9.28. The summed E-state index contributed by atoms with van der Waals surface area (Å²) in [6.07, 6.45) is 3.27. The molecule has 2 unspecified atom stereocenters. The standard InChI is InChI=1S/C16H24N2O2S.ClH/c1-12(17)15-8-3-4-9-18(15)16(19)11-21-14-7-5-6-13(10-14)20-2;/h5-7,10,12,15H,3-4,8-9,11,17H2,1-2H3;1H. The number of carbonyl (C=O) groups excluding carboxylic acids is 1. The van der Waals surface area contributed by atoms with Crippen LogP contribution in [0.5, 0.6) is 5.75 Å². The van der Waals surface area contributed by atoms with Gasteiger partial charge in [-0.1, -0.05) is 6.07 Å². The van der Waals surface area contributed by atoms with Crippen LogP contribution in [0.3, 0.4) is 0 Å². The van der Waals surface area contributed by atoms with Gasteiger partial charge in [-0.3, -0.25) is 4.79 Å². The Morgan fingerprint density at radius 3 is 2.95 bits per heavy atom. The molecule has 0 aliphatic carbocycles. The summed E-state index contributed by atoms with van der Waals surface area (Å²) in [6, 6.07) is 8.03. The minimum Gasteiger partial charge on any atom is -0.497 e. The minimum absolute atomic E-state index is 0. The number of benzene rings is 1. The molecule has 1 aliphatic heterocycles. The molecular weight excluding hydrogens is 320 g/mol. The average Bonchev–Trinajstić information content (AvgIpc) is 2.52. The van der Waals surface area contributed by atoms with Gasteiger partial charge in [-0.2, -0.15) is 0 Å². The molecule has 0 bridgehead atoms. The molecule has 1 amide bonds. The number of amides is 1. The molecule has 0 aromatic heterocycles. The summed E-state index contributed by atoms with van der Waals surface area (Å²) in [5.41, 5.74) is 6.02. The van der Waals surface area contributed by atoms with Gasteiger partial charge in [-0.05, 0) is 44.4 Å². The highest BCUT2D eigenvalue weighted by Crippen LogP contribution is 2.25. The van der Waals surface area contributed by atoms with Gasteiger partial charge in [-0.15, -0.1) is 24.2 Å². The largest absolute Gasteiger partial charge is 0.497 e. The van der Waals surface area contributed by atoms with E-state index >= 15 is 0 Å². The molecule has 0 spiro atoms. The molecule has 0 saturated carbocycles. The second-order valence-corrected chi connectivity index (χ2v) is 6.53. The molecule has 1 saturated heterocycles. The monoisotopic (exact) mass is 344 g/mol. The normalized spacial score (nSPS) is 19.2. The van der Waals surface area contributed by atoms with Crippen molar-refractivity contribution in [2.24, 2.45) is 5.73 Å². The van der Waals surface area contributed by atoms with E-state index in [0.717, 1.165) is 30.0 Å². The maximum absolute atomic E-state index is 12.5. The predicted octanol–water partition coefficient (Wildman–Crippen LogP) is 2.94. The van der Waals surface area contributed by atoms with Gasteiger partial charge in [-0.25, -0.2) is 0 Å². The van der Waals surface area contributed by atoms with Gasteiger partial charge >= 0.3 is 0 Å². The topological polar surface area (TPSA) is 55.6 Å². The molecular formula is C16H25ClN2O2S. The van der Waals surface area contributed by atoms with Crippen molar-refractivity contribution >= 4 is 30.1 Å². The summed E-state index contributed by atoms with van der Waals surface area (Å²) in [6.45, 7) is 2.83. The Kier molecular flexibility index (Phi) is 8.07. The highest BCUT2D eigenvalue weighted by molar-refractivity contribution is 8.00. The van der Waals surface area contributed by atoms with Crippen molar-refractivity contribution in [3.8, 4) is 5.75 Å². The summed E-state index contributed by atoms with van der Waals surface area (Å²) < 4.78 is 5.20. The minimum atomic E-state index is 0. The zero-order valence-electron chi connectivity index (χ0n) is 13.2. The number of nitrogens with zero attached hydrogens (tertiary/aromatic N) is 1. The van der Waals surface area contributed by atoms with Crippen molar-refractivity contribution in [2.45, 2.75) is 43.2 Å². The number of hydrogen-bond donors (Lipinski definition) is 1. The van der Waals surface area contributed by atoms with Gasteiger partial charge in [0.05, 0.1) is 12.9 Å². The van der Waals surface area contributed by atoms with Crippen LogP contribution in [-0.2, 0) is 4.79 Å². The van der Waals surface area contributed by atoms with Crippen LogP contribution in [0.25, 0.3) is 0 Å². The van der Waals surface area contributed by atoms with Gasteiger partial charge in [0.1, 0.15) is 5.75 Å². The van der Waals surface area contributed by atoms with Crippen LogP contribution in [0, 0.1) is 0 Å². The number of nitrogens with two attached hydrogens (primary N) is 1. The quantitative estimate of drug-likeness (QED) is 0.834. The summed E-state index contributed by atoms with van der Waals surface area (Å²) in [5, 5.41) is 0. The number of ether oxygens (including phenoxy) is 1. The molecule has 2 atom stereocenters. The first-order valence-electron chi connectivity index (χ1n) is 7.43. The van der Waals surface area contributed by atoms with E-state index in [1.807, 2.05) is 36.1 Å². The van der Waals surface area contributed by atoms with E-state index < -0.39 is 0 Å². The van der Waals surface area contributed by atoms with Crippen molar-refractivity contribution in [1.82, 2.24) is 4.90 Å². The molecule has 4 nitrogen and oxygen atoms in total. The average molecular weight is 345 g/mol. The zero-order chi connectivity index (χ0) is 15.2. The van der Waals surface area contributed by atoms with Crippen molar-refractivity contribution in [3.05, 3.63) is 24.3 Å². The Bertz CT molecular complexity index is 485. The lowest BCUT2D eigenvalue weighted by Gasteiger charge is -2.38. The Morgan fingerprint density at radius 2 is 2.27 bits per heavy atom. The number of halogens is 1. The van der Waals surface area contributed by atoms with Crippen molar-refractivity contribution in [3.63, 3.8) is 0 Å². The smallest absolute Gasteiger partial charge is 0.233 e. The first-order chi connectivity index (χ1) is 10.1. The summed E-state index contributed by atoms with van der Waals surface area (Å²) in [7, 11) is 1.65. The number of hydrogen-bond acceptors (Lipinski definition) is 4. The molecule has 2 N–H and O–H groups in total. The molecule has 6 heteroatoms. The van der Waals surface area contributed by atoms with E-state index in [1.165, 1.54) is 6.42 Å². The highest BCUT2D eigenvalue weighted by Gasteiger charge is 2.28. The summed E-state index contributed by atoms with van der Waals surface area (Å²) in [5.74, 6) is 1.46. The van der Waals surface area contributed by atoms with Gasteiger partial charge in [0.25, 0.3) is 0 Å². The maximum Gasteiger partial charge on any atom is 0.233 e. The van der Waals surface area contributed by atoms with Crippen molar-refractivity contribution in [2.75, 3.05) is 19.4 Å². The number of likely N-dealkylation sites (tertiary alicyclic amines) is 1. The van der Waals surface area contributed by atoms with Crippen LogP contribution >= 0.6 is 24.2 Å². The fourth-order valence-electron chi connectivity index (χ4n) is 2.73. The first-order valence-corrected chi connectivity index (χ1v) is 8.42. The molecule has 124 valence electrons. The lowest BCUT2D eigenvalue weighted by atomic mass is 9.97. The maximum atomic E-state index is 12.5. The Balaban J connectivity index is 0.00000242. The van der Waals surface area contributed by atoms with E-state index in [2.05, 4.69) is 0 Å². The summed E-state index contributed by atoms with van der Waals surface area (Å²) in [4.78, 5) is 15.5. The van der Waals surface area contributed by atoms with Gasteiger partial charge < -0.3 is 15.4 Å². The Labute approximate surface area is 143 Å². The lowest BCUT2D eigenvalue weighted by molar-refractivity contribution is -0.132. The number of piperidine rings is 1. The number of methoxy groups -OCH3 is 1. The Morgan fingerprint density at radius 1 is 1.50 bits per heavy atom. The molecule has 1 aromatic carbocycles. The van der Waals surface area contributed by atoms with E-state index in [4.69, 9.17) is 10.5 Å². The van der Waals surface area contributed by atoms with E-state index in [9.17, 15) is 4.79 Å². The fraction of sp³-hybridized carbons (Fsp3) is 0.562. The molecule has 1 heterocycles. The van der Waals surface area contributed by atoms with Crippen LogP contribution in [0.1, 0.15) is 26.2 Å². The predicted molar refractivity (Wildman–Crippen MR) is 94.0 cm³/mol. The van der Waals surface area contributed by atoms with E-state index in [1.54, 1.807) is 18.9 Å². The van der Waals surface area contributed by atoms with Crippen LogP contribution < -0.4 is 10.5 Å². The van der Waals surface area contributed by atoms with Crippen LogP contribution in [0.15, 0.2) is 29.2 Å². The SMILES string of the molecule is COc1cccc(SCC(=O)N2CCCCC2C(C)N)c1.Cl. The van der Waals surface area contributed by atoms with Gasteiger partial charge in [0.2, 0.25) is 5.91 Å². The number of carbonyl (C=O) groups is 1. The fourth-order valence-corrected chi connectivity index (χ4v) is 3.56. The Hall–Kier alpha value is -0.910. The lowest BCUT2D eigenvalue weighted by Crippen LogP contribution is -2.52. The molecule has 2 rings (SSSR count). The molecule has 22 heavy (non-hydrogen) atoms. The molecule has 0 radical (unpaired) electrons. The zero-order valence-corrected chi connectivity index (χ0v) is 14.8. The number of rotatable bonds is 5. The van der Waals surface area contributed by atoms with Crippen molar-refractivity contribution < 1.29 is 9.53 Å². The summed E-state index contributed by atoms with van der Waals surface area (Å²) >= 11 is 1.55. The number of thioether (sulfide) groups is 1. The second-order valence-electron chi connectivity index (χ2n) is 5.48. The third kappa shape index (κ3) is 5.07. The molecule has 1 aliphatic rings. The molecule has 1 aromatic rings. The van der Waals surface area contributed by atoms with Crippen molar-refractivity contribution in [1.29, 1.82) is 0 Å². The van der Waals surface area contributed by atoms with E-state index in [-0.39, 0.29) is 30.4 Å². The third-order valence-electron chi connectivity index (χ3n) is 3.88. The van der Waals surface area contributed by atoms with E-state index in [0.29, 0.717) is 5.75 Å². The highest BCUT2D eigenvalue weighted by atomic mass is 35.5. The molecule has 1 fully saturated rings. The van der Waals surface area contributed by atoms with Gasteiger partial charge in [0, 0.05) is 23.5 Å². The third-order valence-corrected chi connectivity index (χ3v) is 4.86. The van der Waals surface area contributed by atoms with Crippen LogP contribution in [0.2, 0.25) is 0 Å². The van der Waals surface area contributed by atoms with Crippen LogP contribution in [-0.4, -0.2) is 42.3 Å². The first kappa shape index (κ1) is 19.1. The van der Waals surface area contributed by atoms with Crippen LogP contribution in [0.4, 0.5) is 0 Å². The van der Waals surface area contributed by atoms with Gasteiger partial charge in [0.15, 0.2) is 0 Å².